The van der Waals surface area contributed by atoms with Crippen molar-refractivity contribution in [2.45, 2.75) is 0 Å². The minimum atomic E-state index is -1.04. The van der Waals surface area contributed by atoms with Gasteiger partial charge in [0.2, 0.25) is 0 Å². The van der Waals surface area contributed by atoms with Gasteiger partial charge in [0.25, 0.3) is 0 Å². The molecule has 100 valence electrons. The summed E-state index contributed by atoms with van der Waals surface area (Å²) in [5.41, 5.74) is 1.00. The van der Waals surface area contributed by atoms with E-state index in [-0.39, 0.29) is 5.56 Å². The Balaban J connectivity index is 2.35. The molecule has 0 spiro atoms. The van der Waals surface area contributed by atoms with Gasteiger partial charge < -0.3 is 9.52 Å². The Kier molecular flexibility index (Phi) is 3.23. The van der Waals surface area contributed by atoms with E-state index in [0.717, 1.165) is 0 Å². The molecule has 1 N–H and O–H groups in total. The molecule has 0 saturated carbocycles. The highest BCUT2D eigenvalue weighted by Gasteiger charge is 2.16. The lowest BCUT2D eigenvalue weighted by atomic mass is 10.1. The van der Waals surface area contributed by atoms with E-state index in [9.17, 15) is 9.90 Å². The van der Waals surface area contributed by atoms with Crippen LogP contribution in [0.4, 0.5) is 0 Å². The summed E-state index contributed by atoms with van der Waals surface area (Å²) in [6.07, 6.45) is 0. The first-order chi connectivity index (χ1) is 9.56. The number of nitrogens with zero attached hydrogens (tertiary/aromatic N) is 1. The Morgan fingerprint density at radius 3 is 2.75 bits per heavy atom. The fourth-order valence-electron chi connectivity index (χ4n) is 1.97. The molecule has 20 heavy (non-hydrogen) atoms. The molecular formula is C14H7BrClNO3. The van der Waals surface area contributed by atoms with E-state index in [4.69, 9.17) is 16.0 Å². The molecule has 6 heteroatoms. The Morgan fingerprint density at radius 1 is 1.30 bits per heavy atom. The number of furan rings is 1. The predicted octanol–water partition coefficient (Wildman–Crippen LogP) is 4.61. The van der Waals surface area contributed by atoms with Crippen molar-refractivity contribution in [3.63, 3.8) is 0 Å². The lowest BCUT2D eigenvalue weighted by Gasteiger charge is -2.06. The number of rotatable bonds is 2. The van der Waals surface area contributed by atoms with Crippen molar-refractivity contribution in [1.82, 2.24) is 4.98 Å². The SMILES string of the molecule is O=C(O)c1cc(-c2ccc(Br)o2)nc2c(Cl)cccc12. The van der Waals surface area contributed by atoms with Crippen molar-refractivity contribution < 1.29 is 14.3 Å². The number of carbonyl (C=O) groups is 1. The Bertz CT molecular complexity index is 828. The summed E-state index contributed by atoms with van der Waals surface area (Å²) < 4.78 is 5.96. The van der Waals surface area contributed by atoms with Gasteiger partial charge in [-0.15, -0.1) is 0 Å². The van der Waals surface area contributed by atoms with Crippen LogP contribution in [-0.4, -0.2) is 16.1 Å². The molecule has 0 aliphatic carbocycles. The summed E-state index contributed by atoms with van der Waals surface area (Å²) in [5.74, 6) is -0.562. The second kappa shape index (κ2) is 4.92. The molecule has 3 aromatic rings. The van der Waals surface area contributed by atoms with Crippen LogP contribution >= 0.6 is 27.5 Å². The third kappa shape index (κ3) is 2.19. The van der Waals surface area contributed by atoms with E-state index in [1.54, 1.807) is 30.3 Å². The number of halogens is 2. The number of carboxylic acids is 1. The Hall–Kier alpha value is -1.85. The predicted molar refractivity (Wildman–Crippen MR) is 79.1 cm³/mol. The van der Waals surface area contributed by atoms with Crippen LogP contribution in [0.15, 0.2) is 45.5 Å². The maximum absolute atomic E-state index is 11.4. The first-order valence-electron chi connectivity index (χ1n) is 5.64. The molecule has 0 unspecified atom stereocenters. The maximum atomic E-state index is 11.4. The highest BCUT2D eigenvalue weighted by molar-refractivity contribution is 9.10. The lowest BCUT2D eigenvalue weighted by molar-refractivity contribution is 0.0699. The van der Waals surface area contributed by atoms with Gasteiger partial charge in [0.1, 0.15) is 5.69 Å². The second-order valence-corrected chi connectivity index (χ2v) is 5.29. The van der Waals surface area contributed by atoms with Crippen molar-refractivity contribution in [2.24, 2.45) is 0 Å². The fraction of sp³-hybridized carbons (Fsp3) is 0. The summed E-state index contributed by atoms with van der Waals surface area (Å²) >= 11 is 9.31. The van der Waals surface area contributed by atoms with Gasteiger partial charge >= 0.3 is 5.97 Å². The molecule has 0 bridgehead atoms. The van der Waals surface area contributed by atoms with Crippen LogP contribution in [0.5, 0.6) is 0 Å². The van der Waals surface area contributed by atoms with E-state index < -0.39 is 5.97 Å². The molecule has 3 rings (SSSR count). The molecule has 2 heterocycles. The van der Waals surface area contributed by atoms with E-state index in [2.05, 4.69) is 20.9 Å². The Labute approximate surface area is 127 Å². The van der Waals surface area contributed by atoms with E-state index in [1.165, 1.54) is 6.07 Å². The summed E-state index contributed by atoms with van der Waals surface area (Å²) in [5, 5.41) is 10.2. The van der Waals surface area contributed by atoms with Crippen molar-refractivity contribution >= 4 is 44.4 Å². The molecule has 0 amide bonds. The molecule has 4 nitrogen and oxygen atoms in total. The highest BCUT2D eigenvalue weighted by Crippen LogP contribution is 2.30. The monoisotopic (exact) mass is 351 g/mol. The number of aromatic carboxylic acids is 1. The van der Waals surface area contributed by atoms with Crippen molar-refractivity contribution in [3.05, 3.63) is 51.7 Å². The number of fused-ring (bicyclic) bond motifs is 1. The van der Waals surface area contributed by atoms with Crippen LogP contribution in [0.2, 0.25) is 5.02 Å². The van der Waals surface area contributed by atoms with Gasteiger partial charge in [-0.3, -0.25) is 0 Å². The summed E-state index contributed by atoms with van der Waals surface area (Å²) in [6.45, 7) is 0. The number of benzene rings is 1. The summed E-state index contributed by atoms with van der Waals surface area (Å²) in [6, 6.07) is 9.95. The molecular weight excluding hydrogens is 346 g/mol. The van der Waals surface area contributed by atoms with Gasteiger partial charge in [-0.25, -0.2) is 9.78 Å². The van der Waals surface area contributed by atoms with Crippen LogP contribution in [0.1, 0.15) is 10.4 Å². The minimum Gasteiger partial charge on any atom is -0.478 e. The number of para-hydroxylation sites is 1. The largest absolute Gasteiger partial charge is 0.478 e. The second-order valence-electron chi connectivity index (χ2n) is 4.10. The molecule has 0 fully saturated rings. The van der Waals surface area contributed by atoms with E-state index >= 15 is 0 Å². The molecule has 2 aromatic heterocycles. The van der Waals surface area contributed by atoms with Gasteiger partial charge in [-0.1, -0.05) is 23.7 Å². The van der Waals surface area contributed by atoms with Crippen LogP contribution in [0, 0.1) is 0 Å². The zero-order valence-corrected chi connectivity index (χ0v) is 12.3. The zero-order chi connectivity index (χ0) is 14.3. The van der Waals surface area contributed by atoms with Gasteiger partial charge in [0.15, 0.2) is 10.4 Å². The third-order valence-electron chi connectivity index (χ3n) is 2.85. The number of aromatic nitrogens is 1. The van der Waals surface area contributed by atoms with Crippen LogP contribution in [-0.2, 0) is 0 Å². The van der Waals surface area contributed by atoms with Crippen LogP contribution in [0.25, 0.3) is 22.4 Å². The van der Waals surface area contributed by atoms with E-state index in [0.29, 0.717) is 32.0 Å². The van der Waals surface area contributed by atoms with Crippen LogP contribution in [0.3, 0.4) is 0 Å². The highest BCUT2D eigenvalue weighted by atomic mass is 79.9. The standard InChI is InChI=1S/C14H7BrClNO3/c15-12-5-4-11(20-12)10-6-8(14(18)19)7-2-1-3-9(16)13(7)17-10/h1-6H,(H,18,19). The van der Waals surface area contributed by atoms with Crippen molar-refractivity contribution in [2.75, 3.05) is 0 Å². The number of carboxylic acid groups (broad SMARTS) is 1. The molecule has 0 aliphatic heterocycles. The van der Waals surface area contributed by atoms with E-state index in [1.807, 2.05) is 0 Å². The van der Waals surface area contributed by atoms with Crippen molar-refractivity contribution in [1.29, 1.82) is 0 Å². The molecule has 0 aliphatic rings. The zero-order valence-electron chi connectivity index (χ0n) is 9.93. The van der Waals surface area contributed by atoms with Crippen LogP contribution < -0.4 is 0 Å². The molecule has 0 atom stereocenters. The summed E-state index contributed by atoms with van der Waals surface area (Å²) in [4.78, 5) is 15.8. The molecule has 0 saturated heterocycles. The number of hydrogen-bond acceptors (Lipinski definition) is 3. The molecule has 0 radical (unpaired) electrons. The topological polar surface area (TPSA) is 63.3 Å². The first kappa shape index (κ1) is 13.1. The fourth-order valence-corrected chi connectivity index (χ4v) is 2.49. The van der Waals surface area contributed by atoms with Gasteiger partial charge in [-0.05, 0) is 40.2 Å². The van der Waals surface area contributed by atoms with Gasteiger partial charge in [0.05, 0.1) is 16.1 Å². The Morgan fingerprint density at radius 2 is 2.10 bits per heavy atom. The third-order valence-corrected chi connectivity index (χ3v) is 3.58. The molecule has 1 aromatic carbocycles. The average molecular weight is 353 g/mol. The number of pyridine rings is 1. The smallest absolute Gasteiger partial charge is 0.336 e. The minimum absolute atomic E-state index is 0.139. The first-order valence-corrected chi connectivity index (χ1v) is 6.81. The van der Waals surface area contributed by atoms with Gasteiger partial charge in [0, 0.05) is 5.39 Å². The normalized spacial score (nSPS) is 10.9. The number of hydrogen-bond donors (Lipinski definition) is 1. The quantitative estimate of drug-likeness (QED) is 0.731. The maximum Gasteiger partial charge on any atom is 0.336 e. The van der Waals surface area contributed by atoms with Crippen molar-refractivity contribution in [3.8, 4) is 11.5 Å². The average Bonchev–Trinajstić information content (AvgIpc) is 2.85. The lowest BCUT2D eigenvalue weighted by Crippen LogP contribution is -2.00. The summed E-state index contributed by atoms with van der Waals surface area (Å²) in [7, 11) is 0. The van der Waals surface area contributed by atoms with Gasteiger partial charge in [-0.2, -0.15) is 0 Å².